The zero-order chi connectivity index (χ0) is 18.9. The second kappa shape index (κ2) is 5.94. The van der Waals surface area contributed by atoms with Crippen LogP contribution in [-0.2, 0) is 14.3 Å². The van der Waals surface area contributed by atoms with Gasteiger partial charge in [0.25, 0.3) is 0 Å². The van der Waals surface area contributed by atoms with Crippen LogP contribution in [0, 0.1) is 28.6 Å². The number of esters is 1. The van der Waals surface area contributed by atoms with Gasteiger partial charge in [-0.2, -0.15) is 0 Å². The number of ether oxygens (including phenoxy) is 1. The Hall–Kier alpha value is -0.610. The molecule has 4 nitrogen and oxygen atoms in total. The molecule has 1 N–H and O–H groups in total. The number of carbonyl (C=O) groups is 2. The van der Waals surface area contributed by atoms with E-state index in [1.54, 1.807) is 0 Å². The molecule has 5 heteroatoms. The van der Waals surface area contributed by atoms with Gasteiger partial charge in [0, 0.05) is 30.6 Å². The fourth-order valence-corrected chi connectivity index (χ4v) is 7.84. The van der Waals surface area contributed by atoms with Gasteiger partial charge in [-0.05, 0) is 56.3 Å². The minimum atomic E-state index is -1.01. The molecule has 0 aromatic carbocycles. The molecule has 4 saturated carbocycles. The molecule has 4 rings (SSSR count). The van der Waals surface area contributed by atoms with Crippen LogP contribution >= 0.6 is 11.6 Å². The van der Waals surface area contributed by atoms with Crippen molar-refractivity contribution in [2.24, 2.45) is 28.6 Å². The summed E-state index contributed by atoms with van der Waals surface area (Å²) >= 11 is 6.84. The highest BCUT2D eigenvalue weighted by atomic mass is 35.5. The highest BCUT2D eigenvalue weighted by molar-refractivity contribution is 6.21. The van der Waals surface area contributed by atoms with Gasteiger partial charge in [0.05, 0.1) is 11.0 Å². The fourth-order valence-electron chi connectivity index (χ4n) is 7.30. The minimum absolute atomic E-state index is 0.182. The molecule has 0 aromatic rings. The molecule has 0 aromatic heterocycles. The standard InChI is InChI=1S/C21H31ClO4/c1-12(23)26-13-6-9-20(3)16-7-8-19(2)15(4-5-18(19)24)14(16)10-17(22)21(20,25)11-13/h13-17,25H,4-11H2,1-3H3/t13?,14?,15?,16?,17?,19-,20+,21-/m0/s1. The first-order chi connectivity index (χ1) is 12.1. The molecule has 0 bridgehead atoms. The van der Waals surface area contributed by atoms with Gasteiger partial charge in [-0.25, -0.2) is 0 Å². The number of hydrogen-bond donors (Lipinski definition) is 1. The zero-order valence-electron chi connectivity index (χ0n) is 16.1. The molecule has 4 aliphatic rings. The van der Waals surface area contributed by atoms with Crippen LogP contribution in [0.15, 0.2) is 0 Å². The summed E-state index contributed by atoms with van der Waals surface area (Å²) in [7, 11) is 0. The quantitative estimate of drug-likeness (QED) is 0.552. The van der Waals surface area contributed by atoms with Gasteiger partial charge < -0.3 is 9.84 Å². The number of rotatable bonds is 1. The van der Waals surface area contributed by atoms with Gasteiger partial charge in [0.1, 0.15) is 11.9 Å². The van der Waals surface area contributed by atoms with Crippen LogP contribution in [0.1, 0.15) is 72.1 Å². The maximum atomic E-state index is 12.5. The van der Waals surface area contributed by atoms with Gasteiger partial charge in [0.2, 0.25) is 0 Å². The van der Waals surface area contributed by atoms with Crippen LogP contribution in [0.25, 0.3) is 0 Å². The fraction of sp³-hybridized carbons (Fsp3) is 0.905. The molecule has 0 spiro atoms. The molecule has 8 atom stereocenters. The Morgan fingerprint density at radius 1 is 1.19 bits per heavy atom. The highest BCUT2D eigenvalue weighted by Crippen LogP contribution is 2.67. The van der Waals surface area contributed by atoms with E-state index in [0.717, 1.165) is 38.5 Å². The SMILES string of the molecule is CC(=O)OC1CC[C@]2(C)C3CC[C@]4(C)C(=O)CCC4C3CC(Cl)[C@@]2(O)C1. The normalized spacial score (nSPS) is 53.4. The summed E-state index contributed by atoms with van der Waals surface area (Å²) in [6.07, 6.45) is 6.16. The lowest BCUT2D eigenvalue weighted by atomic mass is 9.43. The second-order valence-electron chi connectivity index (χ2n) is 9.81. The summed E-state index contributed by atoms with van der Waals surface area (Å²) in [4.78, 5) is 23.9. The van der Waals surface area contributed by atoms with E-state index in [1.165, 1.54) is 6.92 Å². The molecule has 4 fully saturated rings. The Labute approximate surface area is 161 Å². The van der Waals surface area contributed by atoms with Gasteiger partial charge >= 0.3 is 5.97 Å². The van der Waals surface area contributed by atoms with Crippen molar-refractivity contribution in [2.45, 2.75) is 89.2 Å². The molecule has 0 saturated heterocycles. The molecule has 0 aliphatic heterocycles. The third-order valence-corrected chi connectivity index (χ3v) is 9.35. The van der Waals surface area contributed by atoms with Crippen LogP contribution in [0.2, 0.25) is 0 Å². The van der Waals surface area contributed by atoms with Gasteiger partial charge in [0.15, 0.2) is 0 Å². The predicted octanol–water partition coefficient (Wildman–Crippen LogP) is 3.86. The van der Waals surface area contributed by atoms with Crippen molar-refractivity contribution >= 4 is 23.4 Å². The van der Waals surface area contributed by atoms with E-state index in [-0.39, 0.29) is 28.3 Å². The van der Waals surface area contributed by atoms with E-state index < -0.39 is 5.60 Å². The summed E-state index contributed by atoms with van der Waals surface area (Å²) < 4.78 is 5.43. The Bertz CT molecular complexity index is 636. The summed E-state index contributed by atoms with van der Waals surface area (Å²) in [6, 6.07) is 0. The van der Waals surface area contributed by atoms with E-state index in [0.29, 0.717) is 36.4 Å². The monoisotopic (exact) mass is 382 g/mol. The highest BCUT2D eigenvalue weighted by Gasteiger charge is 2.67. The van der Waals surface area contributed by atoms with Crippen LogP contribution in [-0.4, -0.2) is 33.9 Å². The van der Waals surface area contributed by atoms with Crippen molar-refractivity contribution in [3.63, 3.8) is 0 Å². The first kappa shape index (κ1) is 18.7. The molecule has 0 radical (unpaired) electrons. The Morgan fingerprint density at radius 2 is 1.92 bits per heavy atom. The molecular weight excluding hydrogens is 352 g/mol. The number of halogens is 1. The molecule has 0 heterocycles. The smallest absolute Gasteiger partial charge is 0.302 e. The van der Waals surface area contributed by atoms with Crippen LogP contribution < -0.4 is 0 Å². The van der Waals surface area contributed by atoms with E-state index in [9.17, 15) is 14.7 Å². The number of alkyl halides is 1. The van der Waals surface area contributed by atoms with E-state index in [4.69, 9.17) is 16.3 Å². The first-order valence-electron chi connectivity index (χ1n) is 10.2. The maximum Gasteiger partial charge on any atom is 0.302 e. The molecule has 146 valence electrons. The Kier molecular flexibility index (Phi) is 4.28. The summed E-state index contributed by atoms with van der Waals surface area (Å²) in [5, 5.41) is 11.4. The number of carbonyl (C=O) groups excluding carboxylic acids is 2. The van der Waals surface area contributed by atoms with E-state index in [1.807, 2.05) is 0 Å². The van der Waals surface area contributed by atoms with Crippen molar-refractivity contribution < 1.29 is 19.4 Å². The van der Waals surface area contributed by atoms with Crippen LogP contribution in [0.5, 0.6) is 0 Å². The predicted molar refractivity (Wildman–Crippen MR) is 98.8 cm³/mol. The first-order valence-corrected chi connectivity index (χ1v) is 10.6. The van der Waals surface area contributed by atoms with Crippen molar-refractivity contribution in [3.8, 4) is 0 Å². The van der Waals surface area contributed by atoms with Crippen LogP contribution in [0.3, 0.4) is 0 Å². The van der Waals surface area contributed by atoms with Crippen molar-refractivity contribution in [1.82, 2.24) is 0 Å². The number of fused-ring (bicyclic) bond motifs is 5. The van der Waals surface area contributed by atoms with Crippen molar-refractivity contribution in [3.05, 3.63) is 0 Å². The minimum Gasteiger partial charge on any atom is -0.462 e. The van der Waals surface area contributed by atoms with Crippen molar-refractivity contribution in [2.75, 3.05) is 0 Å². The molecular formula is C21H31ClO4. The average Bonchev–Trinajstić information content (AvgIpc) is 2.86. The lowest BCUT2D eigenvalue weighted by molar-refractivity contribution is -0.219. The van der Waals surface area contributed by atoms with Crippen molar-refractivity contribution in [1.29, 1.82) is 0 Å². The molecule has 0 amide bonds. The third-order valence-electron chi connectivity index (χ3n) is 8.81. The second-order valence-corrected chi connectivity index (χ2v) is 10.3. The van der Waals surface area contributed by atoms with Crippen LogP contribution in [0.4, 0.5) is 0 Å². The van der Waals surface area contributed by atoms with Gasteiger partial charge in [-0.1, -0.05) is 13.8 Å². The molecule has 26 heavy (non-hydrogen) atoms. The topological polar surface area (TPSA) is 63.6 Å². The van der Waals surface area contributed by atoms with Gasteiger partial charge in [-0.15, -0.1) is 11.6 Å². The number of aliphatic hydroxyl groups is 1. The molecule has 5 unspecified atom stereocenters. The molecule has 4 aliphatic carbocycles. The number of ketones is 1. The summed E-state index contributed by atoms with van der Waals surface area (Å²) in [5.74, 6) is 1.35. The lowest BCUT2D eigenvalue weighted by Gasteiger charge is -2.64. The number of hydrogen-bond acceptors (Lipinski definition) is 4. The Morgan fingerprint density at radius 3 is 2.62 bits per heavy atom. The average molecular weight is 383 g/mol. The van der Waals surface area contributed by atoms with Gasteiger partial charge in [-0.3, -0.25) is 9.59 Å². The van der Waals surface area contributed by atoms with E-state index >= 15 is 0 Å². The number of Topliss-reactive ketones (excluding diaryl/α,β-unsaturated/α-hetero) is 1. The summed E-state index contributed by atoms with van der Waals surface area (Å²) in [6.45, 7) is 5.78. The largest absolute Gasteiger partial charge is 0.462 e. The summed E-state index contributed by atoms with van der Waals surface area (Å²) in [5.41, 5.74) is -1.46. The Balaban J connectivity index is 1.65. The van der Waals surface area contributed by atoms with E-state index in [2.05, 4.69) is 13.8 Å². The lowest BCUT2D eigenvalue weighted by Crippen LogP contribution is -2.67. The zero-order valence-corrected chi connectivity index (χ0v) is 16.8. The third kappa shape index (κ3) is 2.37. The maximum absolute atomic E-state index is 12.5.